The van der Waals surface area contributed by atoms with Crippen LogP contribution < -0.4 is 15.4 Å². The monoisotopic (exact) mass is 627 g/mol. The maximum Gasteiger partial charge on any atom is 0.252 e. The Balaban J connectivity index is 1.32. The molecule has 1 saturated heterocycles. The minimum absolute atomic E-state index is 0.0318. The molecule has 5 atom stereocenters. The molecule has 0 unspecified atom stereocenters. The second kappa shape index (κ2) is 14.1. The van der Waals surface area contributed by atoms with E-state index in [1.807, 2.05) is 88.4 Å². The molecule has 2 aliphatic heterocycles. The van der Waals surface area contributed by atoms with Crippen LogP contribution in [0, 0.1) is 25.2 Å². The number of carbonyl (C=O) groups excluding carboxylic acids is 3. The number of likely N-dealkylation sites (tertiary alicyclic amines) is 1. The third-order valence-electron chi connectivity index (χ3n) is 9.50. The van der Waals surface area contributed by atoms with Gasteiger partial charge in [0.05, 0.1) is 6.04 Å². The molecule has 0 radical (unpaired) electrons. The van der Waals surface area contributed by atoms with E-state index < -0.39 is 41.5 Å². The molecule has 0 saturated carbocycles. The molecule has 5 rings (SSSR count). The highest BCUT2D eigenvalue weighted by atomic mass is 16.5. The predicted molar refractivity (Wildman–Crippen MR) is 175 cm³/mol. The van der Waals surface area contributed by atoms with Crippen LogP contribution in [0.25, 0.3) is 0 Å². The fourth-order valence-electron chi connectivity index (χ4n) is 6.77. The van der Waals surface area contributed by atoms with Crippen LogP contribution in [0.3, 0.4) is 0 Å². The summed E-state index contributed by atoms with van der Waals surface area (Å²) in [6, 6.07) is 21.2. The van der Waals surface area contributed by atoms with Crippen LogP contribution in [0.1, 0.15) is 60.5 Å². The van der Waals surface area contributed by atoms with E-state index in [0.29, 0.717) is 30.8 Å². The number of rotatable bonds is 10. The molecule has 0 aliphatic carbocycles. The Morgan fingerprint density at radius 3 is 2.37 bits per heavy atom. The van der Waals surface area contributed by atoms with Crippen LogP contribution in [0.2, 0.25) is 0 Å². The summed E-state index contributed by atoms with van der Waals surface area (Å²) in [7, 11) is 0. The van der Waals surface area contributed by atoms with E-state index in [0.717, 1.165) is 22.3 Å². The molecule has 3 amide bonds. The first kappa shape index (κ1) is 33.2. The van der Waals surface area contributed by atoms with Crippen molar-refractivity contribution >= 4 is 17.7 Å². The van der Waals surface area contributed by atoms with E-state index in [4.69, 9.17) is 4.74 Å². The lowest BCUT2D eigenvalue weighted by Crippen LogP contribution is -2.53. The highest BCUT2D eigenvalue weighted by Crippen LogP contribution is 2.37. The average Bonchev–Trinajstić information content (AvgIpc) is 3.36. The second-order valence-electron chi connectivity index (χ2n) is 13.3. The van der Waals surface area contributed by atoms with Crippen LogP contribution in [-0.4, -0.2) is 64.2 Å². The Bertz CT molecular complexity index is 1540. The quantitative estimate of drug-likeness (QED) is 0.271. The first-order valence-electron chi connectivity index (χ1n) is 16.0. The zero-order chi connectivity index (χ0) is 33.0. The number of fused-ring (bicyclic) bond motifs is 1. The van der Waals surface area contributed by atoms with Gasteiger partial charge in [-0.1, -0.05) is 80.6 Å². The van der Waals surface area contributed by atoms with Gasteiger partial charge in [0.1, 0.15) is 30.6 Å². The number of ether oxygens (including phenoxy) is 1. The summed E-state index contributed by atoms with van der Waals surface area (Å²) in [5, 5.41) is 28.1. The van der Waals surface area contributed by atoms with Crippen LogP contribution in [0.15, 0.2) is 72.8 Å². The molecule has 9 nitrogen and oxygen atoms in total. The molecule has 1 fully saturated rings. The number of hydrogen-bond acceptors (Lipinski definition) is 6. The Hall–Kier alpha value is -4.21. The molecule has 4 N–H and O–H groups in total. The van der Waals surface area contributed by atoms with Crippen molar-refractivity contribution in [3.8, 4) is 5.75 Å². The number of hydrogen-bond donors (Lipinski definition) is 4. The van der Waals surface area contributed by atoms with Crippen LogP contribution in [0.4, 0.5) is 0 Å². The van der Waals surface area contributed by atoms with Crippen molar-refractivity contribution in [3.63, 3.8) is 0 Å². The molecule has 0 bridgehead atoms. The smallest absolute Gasteiger partial charge is 0.252 e. The van der Waals surface area contributed by atoms with Crippen molar-refractivity contribution in [1.29, 1.82) is 0 Å². The number of aryl methyl sites for hydroxylation is 2. The second-order valence-corrected chi connectivity index (χ2v) is 13.3. The number of carbonyl (C=O) groups is 3. The molecule has 3 aromatic carbocycles. The lowest BCUT2D eigenvalue weighted by molar-refractivity contribution is -0.148. The standard InChI is InChI=1S/C37H45N3O6/c1-23-11-10-12-24(2)28(23)21-38-35(44)33-37(3,4)17-18-40(33)36(45)29(41)20-26(19-25-13-6-5-7-14-25)34(43)39-32-27-15-8-9-16-31(27)46-22-30(32)42/h5-16,26,29-30,32-33,41-42H,17-22H2,1-4H3,(H,38,44)(H,39,43)/t26-,29+,30-,32+,33-/m1/s1. The predicted octanol–water partition coefficient (Wildman–Crippen LogP) is 3.77. The van der Waals surface area contributed by atoms with E-state index in [1.165, 1.54) is 4.90 Å². The summed E-state index contributed by atoms with van der Waals surface area (Å²) < 4.78 is 5.63. The fourth-order valence-corrected chi connectivity index (χ4v) is 6.77. The summed E-state index contributed by atoms with van der Waals surface area (Å²) >= 11 is 0. The van der Waals surface area contributed by atoms with Gasteiger partial charge >= 0.3 is 0 Å². The molecule has 244 valence electrons. The van der Waals surface area contributed by atoms with E-state index in [9.17, 15) is 24.6 Å². The highest BCUT2D eigenvalue weighted by molar-refractivity contribution is 5.91. The zero-order valence-corrected chi connectivity index (χ0v) is 27.0. The normalized spacial score (nSPS) is 21.4. The number of nitrogens with zero attached hydrogens (tertiary/aromatic N) is 1. The molecule has 9 heteroatoms. The Kier molecular flexibility index (Phi) is 10.1. The highest BCUT2D eigenvalue weighted by Gasteiger charge is 2.48. The maximum absolute atomic E-state index is 13.9. The molecule has 2 aliphatic rings. The number of para-hydroxylation sites is 1. The minimum Gasteiger partial charge on any atom is -0.490 e. The van der Waals surface area contributed by atoms with E-state index >= 15 is 0 Å². The van der Waals surface area contributed by atoms with E-state index in [2.05, 4.69) is 10.6 Å². The van der Waals surface area contributed by atoms with Crippen LogP contribution in [0.5, 0.6) is 5.75 Å². The minimum atomic E-state index is -1.51. The van der Waals surface area contributed by atoms with Gasteiger partial charge in [0.15, 0.2) is 0 Å². The number of aliphatic hydroxyl groups is 2. The van der Waals surface area contributed by atoms with Crippen molar-refractivity contribution in [3.05, 3.63) is 101 Å². The van der Waals surface area contributed by atoms with Crippen molar-refractivity contribution in [2.75, 3.05) is 13.2 Å². The molecule has 0 spiro atoms. The Morgan fingerprint density at radius 2 is 1.65 bits per heavy atom. The van der Waals surface area contributed by atoms with Crippen molar-refractivity contribution in [1.82, 2.24) is 15.5 Å². The molecule has 3 aromatic rings. The first-order valence-corrected chi connectivity index (χ1v) is 16.0. The van der Waals surface area contributed by atoms with Gasteiger partial charge in [-0.25, -0.2) is 0 Å². The van der Waals surface area contributed by atoms with Crippen molar-refractivity contribution in [2.45, 2.75) is 77.8 Å². The summed E-state index contributed by atoms with van der Waals surface area (Å²) in [5.41, 5.74) is 4.23. The lowest BCUT2D eigenvalue weighted by atomic mass is 9.84. The average molecular weight is 628 g/mol. The van der Waals surface area contributed by atoms with Crippen LogP contribution >= 0.6 is 0 Å². The number of amides is 3. The van der Waals surface area contributed by atoms with Gasteiger partial charge in [-0.15, -0.1) is 0 Å². The van der Waals surface area contributed by atoms with Gasteiger partial charge in [-0.3, -0.25) is 14.4 Å². The van der Waals surface area contributed by atoms with Gasteiger partial charge in [-0.05, 0) is 66.8 Å². The first-order chi connectivity index (χ1) is 22.0. The number of aliphatic hydroxyl groups excluding tert-OH is 2. The third-order valence-corrected chi connectivity index (χ3v) is 9.50. The van der Waals surface area contributed by atoms with Gasteiger partial charge in [0.25, 0.3) is 5.91 Å². The van der Waals surface area contributed by atoms with Gasteiger partial charge in [0.2, 0.25) is 11.8 Å². The van der Waals surface area contributed by atoms with E-state index in [-0.39, 0.29) is 31.3 Å². The summed E-state index contributed by atoms with van der Waals surface area (Å²) in [6.07, 6.45) is -1.73. The topological polar surface area (TPSA) is 128 Å². The number of nitrogens with one attached hydrogen (secondary N) is 2. The Morgan fingerprint density at radius 1 is 0.978 bits per heavy atom. The van der Waals surface area contributed by atoms with Crippen molar-refractivity contribution in [2.24, 2.45) is 11.3 Å². The van der Waals surface area contributed by atoms with Crippen LogP contribution in [-0.2, 0) is 27.3 Å². The van der Waals surface area contributed by atoms with Crippen molar-refractivity contribution < 1.29 is 29.3 Å². The number of benzene rings is 3. The van der Waals surface area contributed by atoms with E-state index in [1.54, 1.807) is 12.1 Å². The van der Waals surface area contributed by atoms with Gasteiger partial charge < -0.3 is 30.5 Å². The molecule has 0 aromatic heterocycles. The van der Waals surface area contributed by atoms with Gasteiger partial charge in [0, 0.05) is 24.6 Å². The largest absolute Gasteiger partial charge is 0.490 e. The summed E-state index contributed by atoms with van der Waals surface area (Å²) in [6.45, 7) is 8.62. The molecule has 46 heavy (non-hydrogen) atoms. The maximum atomic E-state index is 13.9. The molecular formula is C37H45N3O6. The Labute approximate surface area is 271 Å². The third kappa shape index (κ3) is 7.26. The fraction of sp³-hybridized carbons (Fsp3) is 0.432. The molecular weight excluding hydrogens is 582 g/mol. The summed E-state index contributed by atoms with van der Waals surface area (Å²) in [4.78, 5) is 42.8. The lowest BCUT2D eigenvalue weighted by Gasteiger charge is -2.34. The SMILES string of the molecule is Cc1cccc(C)c1CNC(=O)[C@H]1N(C(=O)[C@@H](O)C[C@@H](Cc2ccccc2)C(=O)N[C@H]2c3ccccc3OC[C@H]2O)CCC1(C)C. The zero-order valence-electron chi connectivity index (χ0n) is 27.0. The summed E-state index contributed by atoms with van der Waals surface area (Å²) in [5.74, 6) is -1.42. The van der Waals surface area contributed by atoms with Gasteiger partial charge in [-0.2, -0.15) is 0 Å². The molecule has 2 heterocycles.